The molecule has 1 aliphatic carbocycles. The Kier molecular flexibility index (Phi) is 4.35. The van der Waals surface area contributed by atoms with E-state index in [0.29, 0.717) is 45.3 Å². The van der Waals surface area contributed by atoms with Gasteiger partial charge in [0.15, 0.2) is 11.5 Å². The van der Waals surface area contributed by atoms with Gasteiger partial charge in [0, 0.05) is 13.0 Å². The van der Waals surface area contributed by atoms with E-state index in [1.54, 1.807) is 0 Å². The van der Waals surface area contributed by atoms with Crippen molar-refractivity contribution >= 4 is 5.91 Å². The van der Waals surface area contributed by atoms with Crippen molar-refractivity contribution in [3.8, 4) is 11.5 Å². The number of hydrogen-bond donors (Lipinski definition) is 0. The van der Waals surface area contributed by atoms with Gasteiger partial charge in [-0.3, -0.25) is 4.79 Å². The third kappa shape index (κ3) is 3.22. The largest absolute Gasteiger partial charge is 0.486 e. The van der Waals surface area contributed by atoms with E-state index in [4.69, 9.17) is 14.2 Å². The summed E-state index contributed by atoms with van der Waals surface area (Å²) in [6, 6.07) is 6.34. The third-order valence-electron chi connectivity index (χ3n) is 5.27. The molecular formula is C19H25NO4. The van der Waals surface area contributed by atoms with Crippen molar-refractivity contribution in [1.29, 1.82) is 0 Å². The molecular weight excluding hydrogens is 306 g/mol. The van der Waals surface area contributed by atoms with Crippen molar-refractivity contribution in [2.24, 2.45) is 5.92 Å². The van der Waals surface area contributed by atoms with Gasteiger partial charge in [0.2, 0.25) is 5.91 Å². The van der Waals surface area contributed by atoms with Crippen LogP contribution in [0.2, 0.25) is 0 Å². The van der Waals surface area contributed by atoms with Crippen molar-refractivity contribution < 1.29 is 19.0 Å². The SMILES string of the molecule is CC1COCCN1C(=O)CC(c1ccc2c(c1)OCCO2)C1CC1. The van der Waals surface area contributed by atoms with Crippen LogP contribution in [0.15, 0.2) is 18.2 Å². The molecule has 0 aromatic heterocycles. The van der Waals surface area contributed by atoms with Crippen LogP contribution in [-0.4, -0.2) is 49.8 Å². The molecule has 2 atom stereocenters. The van der Waals surface area contributed by atoms with Crippen molar-refractivity contribution in [2.75, 3.05) is 33.0 Å². The summed E-state index contributed by atoms with van der Waals surface area (Å²) < 4.78 is 16.8. The van der Waals surface area contributed by atoms with Crippen LogP contribution in [0.1, 0.15) is 37.7 Å². The summed E-state index contributed by atoms with van der Waals surface area (Å²) in [4.78, 5) is 14.8. The first-order valence-corrected chi connectivity index (χ1v) is 8.99. The van der Waals surface area contributed by atoms with Gasteiger partial charge in [-0.25, -0.2) is 0 Å². The zero-order chi connectivity index (χ0) is 16.5. The Bertz CT molecular complexity index is 613. The first-order valence-electron chi connectivity index (χ1n) is 8.99. The maximum atomic E-state index is 12.8. The second-order valence-electron chi connectivity index (χ2n) is 7.06. The van der Waals surface area contributed by atoms with Crippen LogP contribution in [-0.2, 0) is 9.53 Å². The van der Waals surface area contributed by atoms with Crippen molar-refractivity contribution in [2.45, 2.75) is 38.1 Å². The van der Waals surface area contributed by atoms with Crippen molar-refractivity contribution in [3.05, 3.63) is 23.8 Å². The van der Waals surface area contributed by atoms with E-state index in [1.807, 2.05) is 11.0 Å². The lowest BCUT2D eigenvalue weighted by atomic mass is 9.90. The lowest BCUT2D eigenvalue weighted by molar-refractivity contribution is -0.139. The van der Waals surface area contributed by atoms with Crippen LogP contribution in [0.4, 0.5) is 0 Å². The molecule has 130 valence electrons. The molecule has 2 heterocycles. The third-order valence-corrected chi connectivity index (χ3v) is 5.27. The molecule has 24 heavy (non-hydrogen) atoms. The van der Waals surface area contributed by atoms with Crippen molar-refractivity contribution in [1.82, 2.24) is 4.90 Å². The van der Waals surface area contributed by atoms with Crippen molar-refractivity contribution in [3.63, 3.8) is 0 Å². The Morgan fingerprint density at radius 2 is 2.00 bits per heavy atom. The monoisotopic (exact) mass is 331 g/mol. The number of amides is 1. The number of carbonyl (C=O) groups excluding carboxylic acids is 1. The lowest BCUT2D eigenvalue weighted by Crippen LogP contribution is -2.47. The van der Waals surface area contributed by atoms with Crippen LogP contribution in [0.5, 0.6) is 11.5 Å². The summed E-state index contributed by atoms with van der Waals surface area (Å²) in [6.45, 7) is 5.25. The highest BCUT2D eigenvalue weighted by atomic mass is 16.6. The van der Waals surface area contributed by atoms with E-state index in [2.05, 4.69) is 19.1 Å². The van der Waals surface area contributed by atoms with E-state index in [-0.39, 0.29) is 17.9 Å². The highest BCUT2D eigenvalue weighted by Crippen LogP contribution is 2.46. The van der Waals surface area contributed by atoms with Gasteiger partial charge in [0.05, 0.1) is 19.3 Å². The van der Waals surface area contributed by atoms with E-state index < -0.39 is 0 Å². The number of fused-ring (bicyclic) bond motifs is 1. The number of morpholine rings is 1. The molecule has 0 radical (unpaired) electrons. The van der Waals surface area contributed by atoms with Crippen LogP contribution in [0.25, 0.3) is 0 Å². The van der Waals surface area contributed by atoms with E-state index in [0.717, 1.165) is 11.5 Å². The number of hydrogen-bond acceptors (Lipinski definition) is 4. The topological polar surface area (TPSA) is 48.0 Å². The summed E-state index contributed by atoms with van der Waals surface area (Å²) >= 11 is 0. The van der Waals surface area contributed by atoms with Crippen LogP contribution < -0.4 is 9.47 Å². The maximum absolute atomic E-state index is 12.8. The quantitative estimate of drug-likeness (QED) is 0.851. The standard InChI is InChI=1S/C19H25NO4/c1-13-12-22-7-6-20(13)19(21)11-16(14-2-3-14)15-4-5-17-18(10-15)24-9-8-23-17/h4-5,10,13-14,16H,2-3,6-9,11-12H2,1H3. The van der Waals surface area contributed by atoms with Gasteiger partial charge in [-0.2, -0.15) is 0 Å². The highest BCUT2D eigenvalue weighted by molar-refractivity contribution is 5.77. The van der Waals surface area contributed by atoms with Gasteiger partial charge in [0.1, 0.15) is 13.2 Å². The molecule has 2 fully saturated rings. The number of benzene rings is 1. The first kappa shape index (κ1) is 15.8. The molecule has 1 aromatic carbocycles. The Morgan fingerprint density at radius 1 is 1.21 bits per heavy atom. The minimum absolute atomic E-state index is 0.173. The van der Waals surface area contributed by atoms with E-state index in [1.165, 1.54) is 18.4 Å². The average molecular weight is 331 g/mol. The van der Waals surface area contributed by atoms with Crippen LogP contribution in [0, 0.1) is 5.92 Å². The summed E-state index contributed by atoms with van der Waals surface area (Å²) in [6.07, 6.45) is 3.00. The second kappa shape index (κ2) is 6.63. The second-order valence-corrected chi connectivity index (χ2v) is 7.06. The van der Waals surface area contributed by atoms with Gasteiger partial charge in [-0.15, -0.1) is 0 Å². The molecule has 5 heteroatoms. The molecule has 4 rings (SSSR count). The zero-order valence-corrected chi connectivity index (χ0v) is 14.2. The predicted octanol–water partition coefficient (Wildman–Crippen LogP) is 2.59. The summed E-state index contributed by atoms with van der Waals surface area (Å²) in [7, 11) is 0. The van der Waals surface area contributed by atoms with E-state index >= 15 is 0 Å². The van der Waals surface area contributed by atoms with Gasteiger partial charge >= 0.3 is 0 Å². The molecule has 1 amide bonds. The molecule has 5 nitrogen and oxygen atoms in total. The molecule has 2 aliphatic heterocycles. The fraction of sp³-hybridized carbons (Fsp3) is 0.632. The van der Waals surface area contributed by atoms with Gasteiger partial charge < -0.3 is 19.1 Å². The first-order chi connectivity index (χ1) is 11.7. The summed E-state index contributed by atoms with van der Waals surface area (Å²) in [5.41, 5.74) is 1.20. The highest BCUT2D eigenvalue weighted by Gasteiger charge is 2.36. The Morgan fingerprint density at radius 3 is 2.75 bits per heavy atom. The summed E-state index contributed by atoms with van der Waals surface area (Å²) in [5.74, 6) is 2.78. The summed E-state index contributed by atoms with van der Waals surface area (Å²) in [5, 5.41) is 0. The molecule has 1 aromatic rings. The Balaban J connectivity index is 1.51. The fourth-order valence-electron chi connectivity index (χ4n) is 3.75. The fourth-order valence-corrected chi connectivity index (χ4v) is 3.75. The van der Waals surface area contributed by atoms with Gasteiger partial charge in [-0.1, -0.05) is 6.07 Å². The molecule has 3 aliphatic rings. The number of rotatable bonds is 4. The number of carbonyl (C=O) groups is 1. The minimum atomic E-state index is 0.173. The van der Waals surface area contributed by atoms with Crippen LogP contribution in [0.3, 0.4) is 0 Å². The molecule has 0 N–H and O–H groups in total. The van der Waals surface area contributed by atoms with E-state index in [9.17, 15) is 4.79 Å². The predicted molar refractivity (Wildman–Crippen MR) is 89.5 cm³/mol. The smallest absolute Gasteiger partial charge is 0.223 e. The molecule has 1 saturated carbocycles. The average Bonchev–Trinajstić information content (AvgIpc) is 3.44. The number of ether oxygens (including phenoxy) is 3. The van der Waals surface area contributed by atoms with Crippen LogP contribution >= 0.6 is 0 Å². The molecule has 0 spiro atoms. The zero-order valence-electron chi connectivity index (χ0n) is 14.2. The Hall–Kier alpha value is -1.75. The molecule has 1 saturated heterocycles. The number of nitrogens with zero attached hydrogens (tertiary/aromatic N) is 1. The molecule has 2 unspecified atom stereocenters. The normalized spacial score (nSPS) is 24.5. The lowest BCUT2D eigenvalue weighted by Gasteiger charge is -2.34. The Labute approximate surface area is 142 Å². The van der Waals surface area contributed by atoms with Gasteiger partial charge in [-0.05, 0) is 49.3 Å². The molecule has 0 bridgehead atoms. The maximum Gasteiger partial charge on any atom is 0.223 e. The minimum Gasteiger partial charge on any atom is -0.486 e. The van der Waals surface area contributed by atoms with Gasteiger partial charge in [0.25, 0.3) is 0 Å².